The number of aromatic nitrogens is 3. The van der Waals surface area contributed by atoms with Gasteiger partial charge < -0.3 is 14.0 Å². The maximum absolute atomic E-state index is 13.0. The lowest BCUT2D eigenvalue weighted by atomic mass is 9.84. The number of rotatable bonds is 11. The van der Waals surface area contributed by atoms with Gasteiger partial charge in [0.05, 0.1) is 18.5 Å². The van der Waals surface area contributed by atoms with Crippen LogP contribution in [-0.4, -0.2) is 50.7 Å². The first-order chi connectivity index (χ1) is 20.6. The lowest BCUT2D eigenvalue weighted by Gasteiger charge is -2.28. The molecule has 0 amide bonds. The third kappa shape index (κ3) is 6.71. The first-order valence-electron chi connectivity index (χ1n) is 14.3. The summed E-state index contributed by atoms with van der Waals surface area (Å²) in [5, 5.41) is 19.7. The second kappa shape index (κ2) is 13.0. The van der Waals surface area contributed by atoms with Crippen LogP contribution in [0.5, 0.6) is 11.5 Å². The Morgan fingerprint density at radius 1 is 1.14 bits per heavy atom. The van der Waals surface area contributed by atoms with Gasteiger partial charge in [0.2, 0.25) is 0 Å². The highest BCUT2D eigenvalue weighted by Crippen LogP contribution is 2.36. The summed E-state index contributed by atoms with van der Waals surface area (Å²) < 4.78 is 39.9. The van der Waals surface area contributed by atoms with Crippen molar-refractivity contribution >= 4 is 43.2 Å². The van der Waals surface area contributed by atoms with Crippen LogP contribution in [0.4, 0.5) is 0 Å². The topological polar surface area (TPSA) is 124 Å². The van der Waals surface area contributed by atoms with Gasteiger partial charge >= 0.3 is 16.3 Å². The van der Waals surface area contributed by atoms with Crippen molar-refractivity contribution in [1.29, 1.82) is 0 Å². The molecule has 0 radical (unpaired) electrons. The zero-order chi connectivity index (χ0) is 30.7. The van der Waals surface area contributed by atoms with Crippen LogP contribution in [0.15, 0.2) is 48.5 Å². The van der Waals surface area contributed by atoms with E-state index in [9.17, 15) is 18.3 Å². The van der Waals surface area contributed by atoms with Crippen LogP contribution in [0.2, 0.25) is 0 Å². The van der Waals surface area contributed by atoms with Gasteiger partial charge in [0.15, 0.2) is 0 Å². The second-order valence-corrected chi connectivity index (χ2v) is 13.0. The van der Waals surface area contributed by atoms with Crippen molar-refractivity contribution in [3.63, 3.8) is 0 Å². The van der Waals surface area contributed by atoms with Crippen molar-refractivity contribution < 1.29 is 27.2 Å². The summed E-state index contributed by atoms with van der Waals surface area (Å²) >= 11 is 3.47. The number of unbranched alkanes of at least 4 members (excludes halogenated alkanes) is 1. The number of fused-ring (bicyclic) bond motifs is 2. The van der Waals surface area contributed by atoms with Crippen LogP contribution < -0.4 is 4.18 Å². The van der Waals surface area contributed by atoms with Gasteiger partial charge in [-0.2, -0.15) is 12.7 Å². The minimum absolute atomic E-state index is 0.0351. The van der Waals surface area contributed by atoms with Gasteiger partial charge in [-0.15, -0.1) is 5.10 Å². The Morgan fingerprint density at radius 3 is 2.72 bits per heavy atom. The largest absolute Gasteiger partial charge is 0.508 e. The average Bonchev–Trinajstić information content (AvgIpc) is 3.38. The number of hydrogen-bond acceptors (Lipinski definition) is 8. The van der Waals surface area contributed by atoms with Gasteiger partial charge in [-0.3, -0.25) is 4.79 Å². The molecule has 4 aromatic rings. The van der Waals surface area contributed by atoms with Crippen LogP contribution in [-0.2, 0) is 39.5 Å². The molecule has 0 saturated heterocycles. The second-order valence-electron chi connectivity index (χ2n) is 10.7. The highest BCUT2D eigenvalue weighted by molar-refractivity contribution is 9.09. The highest BCUT2D eigenvalue weighted by Gasteiger charge is 2.32. The maximum atomic E-state index is 13.0. The molecule has 1 aliphatic heterocycles. The molecule has 228 valence electrons. The predicted octanol–water partition coefficient (Wildman–Crippen LogP) is 5.65. The molecule has 2 heterocycles. The first kappa shape index (κ1) is 31.0. The zero-order valence-corrected chi connectivity index (χ0v) is 26.8. The number of halogens is 1. The summed E-state index contributed by atoms with van der Waals surface area (Å²) in [6.07, 6.45) is 2.13. The Hall–Kier alpha value is -3.48. The summed E-state index contributed by atoms with van der Waals surface area (Å²) in [7, 11) is -4.06. The Kier molecular flexibility index (Phi) is 9.38. The van der Waals surface area contributed by atoms with Gasteiger partial charge in [-0.05, 0) is 85.7 Å². The molecule has 0 bridgehead atoms. The van der Waals surface area contributed by atoms with E-state index in [1.165, 1.54) is 22.5 Å². The van der Waals surface area contributed by atoms with E-state index in [2.05, 4.69) is 26.2 Å². The average molecular weight is 672 g/mol. The Labute approximate surface area is 260 Å². The highest BCUT2D eigenvalue weighted by atomic mass is 79.9. The minimum atomic E-state index is -4.06. The van der Waals surface area contributed by atoms with Crippen LogP contribution in [0, 0.1) is 13.8 Å². The fourth-order valence-corrected chi connectivity index (χ4v) is 6.97. The lowest BCUT2D eigenvalue weighted by Crippen LogP contribution is -2.37. The molecule has 10 nitrogen and oxygen atoms in total. The Bertz CT molecular complexity index is 1760. The number of ether oxygens (including phenoxy) is 1. The van der Waals surface area contributed by atoms with E-state index >= 15 is 0 Å². The number of benzene rings is 3. The third-order valence-corrected chi connectivity index (χ3v) is 9.65. The van der Waals surface area contributed by atoms with Crippen molar-refractivity contribution in [2.24, 2.45) is 0 Å². The monoisotopic (exact) mass is 670 g/mol. The molecule has 1 atom stereocenters. The molecule has 0 fully saturated rings. The van der Waals surface area contributed by atoms with E-state index in [0.717, 1.165) is 63.6 Å². The van der Waals surface area contributed by atoms with E-state index in [0.29, 0.717) is 5.56 Å². The van der Waals surface area contributed by atoms with Gasteiger partial charge in [-0.1, -0.05) is 45.4 Å². The van der Waals surface area contributed by atoms with E-state index in [1.54, 1.807) is 6.92 Å². The predicted molar refractivity (Wildman–Crippen MR) is 166 cm³/mol. The molecule has 1 unspecified atom stereocenters. The van der Waals surface area contributed by atoms with Crippen LogP contribution in [0.3, 0.4) is 0 Å². The summed E-state index contributed by atoms with van der Waals surface area (Å²) in [6.45, 7) is 6.85. The molecule has 3 aromatic carbocycles. The molecule has 12 heteroatoms. The lowest BCUT2D eigenvalue weighted by molar-refractivity contribution is -0.143. The molecule has 0 aliphatic carbocycles. The molecular weight excluding hydrogens is 636 g/mol. The van der Waals surface area contributed by atoms with E-state index in [4.69, 9.17) is 8.92 Å². The van der Waals surface area contributed by atoms with Crippen molar-refractivity contribution in [3.05, 3.63) is 81.9 Å². The molecule has 1 aliphatic rings. The quantitative estimate of drug-likeness (QED) is 0.123. The van der Waals surface area contributed by atoms with Gasteiger partial charge in [0.25, 0.3) is 0 Å². The van der Waals surface area contributed by atoms with E-state index in [1.807, 2.05) is 48.9 Å². The van der Waals surface area contributed by atoms with Crippen molar-refractivity contribution in [2.45, 2.75) is 65.6 Å². The Balaban J connectivity index is 1.50. The number of nitrogens with zero attached hydrogens (tertiary/aromatic N) is 4. The number of carbonyl (C=O) groups is 1. The molecule has 0 spiro atoms. The smallest absolute Gasteiger partial charge is 0.385 e. The van der Waals surface area contributed by atoms with Gasteiger partial charge in [-0.25, -0.2) is 4.68 Å². The van der Waals surface area contributed by atoms with Crippen LogP contribution in [0.25, 0.3) is 11.0 Å². The maximum Gasteiger partial charge on any atom is 0.385 e. The molecule has 1 N–H and O–H groups in total. The van der Waals surface area contributed by atoms with Gasteiger partial charge in [0.1, 0.15) is 17.0 Å². The number of aromatic hydroxyl groups is 1. The molecule has 1 aromatic heterocycles. The number of carbonyl (C=O) groups excluding carboxylic acids is 1. The number of aryl methyl sites for hydroxylation is 3. The number of alkyl halides is 1. The third-order valence-electron chi connectivity index (χ3n) is 7.81. The summed E-state index contributed by atoms with van der Waals surface area (Å²) in [5.41, 5.74) is 6.70. The van der Waals surface area contributed by atoms with Crippen molar-refractivity contribution in [2.75, 3.05) is 11.9 Å². The Morgan fingerprint density at radius 2 is 1.95 bits per heavy atom. The minimum Gasteiger partial charge on any atom is -0.508 e. The summed E-state index contributed by atoms with van der Waals surface area (Å²) in [5.74, 6) is -0.433. The first-order valence-corrected chi connectivity index (χ1v) is 16.7. The number of phenolic OH excluding ortho intramolecular Hbond substituents is 1. The fraction of sp³-hybridized carbons (Fsp3) is 0.387. The molecule has 0 saturated carbocycles. The number of hydrogen-bond donors (Lipinski definition) is 1. The van der Waals surface area contributed by atoms with E-state index < -0.39 is 10.3 Å². The number of esters is 1. The fourth-order valence-electron chi connectivity index (χ4n) is 5.48. The zero-order valence-electron chi connectivity index (χ0n) is 24.4. The van der Waals surface area contributed by atoms with Crippen LogP contribution >= 0.6 is 15.9 Å². The summed E-state index contributed by atoms with van der Waals surface area (Å²) in [4.78, 5) is 12.8. The van der Waals surface area contributed by atoms with Crippen molar-refractivity contribution in [3.8, 4) is 11.5 Å². The standard InChI is InChI=1S/C31H35BrN4O6S/c1-4-41-30(38)17-27(26-10-11-28-31(21(26)3)33-34-36(28)14-6-5-13-32)22-8-7-20(2)23(15-22)18-35-19-24-16-25(37)9-12-29(24)42-43(35,39)40/h7-12,15-16,27,37H,4-6,13-14,17-19H2,1-3H3. The molecule has 5 rings (SSSR count). The normalized spacial score (nSPS) is 15.2. The number of phenols is 1. The van der Waals surface area contributed by atoms with Crippen LogP contribution in [0.1, 0.15) is 65.5 Å². The van der Waals surface area contributed by atoms with E-state index in [-0.39, 0.29) is 49.5 Å². The molecular formula is C31H35BrN4O6S. The SMILES string of the molecule is CCOC(=O)CC(c1ccc(C)c(CN2Cc3cc(O)ccc3OS2(=O)=O)c1)c1ccc2c(nnn2CCCCBr)c1C. The van der Waals surface area contributed by atoms with Crippen molar-refractivity contribution in [1.82, 2.24) is 19.3 Å². The molecule has 43 heavy (non-hydrogen) atoms. The summed E-state index contributed by atoms with van der Waals surface area (Å²) in [6, 6.07) is 14.2. The van der Waals surface area contributed by atoms with Gasteiger partial charge in [0, 0.05) is 36.4 Å².